The molecule has 0 spiro atoms. The first-order valence-electron chi connectivity index (χ1n) is 9.68. The Labute approximate surface area is 176 Å². The SMILES string of the molecule is CCCOc1ccc(C=NNC(=O)[C@H](C)Oc2ccc(Cl)cc2)c(OCCC)c1. The summed E-state index contributed by atoms with van der Waals surface area (Å²) in [6, 6.07) is 12.3. The Balaban J connectivity index is 1.97. The van der Waals surface area contributed by atoms with Gasteiger partial charge in [0.2, 0.25) is 0 Å². The third-order valence-electron chi connectivity index (χ3n) is 3.79. The summed E-state index contributed by atoms with van der Waals surface area (Å²) in [6.07, 6.45) is 2.64. The summed E-state index contributed by atoms with van der Waals surface area (Å²) in [5.41, 5.74) is 3.23. The van der Waals surface area contributed by atoms with Crippen LogP contribution in [-0.2, 0) is 4.79 Å². The number of nitrogens with one attached hydrogen (secondary N) is 1. The first-order valence-corrected chi connectivity index (χ1v) is 10.1. The van der Waals surface area contributed by atoms with E-state index in [9.17, 15) is 4.79 Å². The summed E-state index contributed by atoms with van der Waals surface area (Å²) in [6.45, 7) is 6.96. The molecule has 2 aromatic rings. The van der Waals surface area contributed by atoms with E-state index in [2.05, 4.69) is 17.5 Å². The van der Waals surface area contributed by atoms with Crippen molar-refractivity contribution in [2.45, 2.75) is 39.7 Å². The van der Waals surface area contributed by atoms with Gasteiger partial charge in [0.05, 0.1) is 19.4 Å². The van der Waals surface area contributed by atoms with Crippen LogP contribution in [0.25, 0.3) is 0 Å². The van der Waals surface area contributed by atoms with E-state index in [0.717, 1.165) is 24.2 Å². The molecule has 0 aliphatic heterocycles. The Bertz CT molecular complexity index is 809. The molecule has 1 N–H and O–H groups in total. The second-order valence-electron chi connectivity index (χ2n) is 6.34. The van der Waals surface area contributed by atoms with E-state index in [1.807, 2.05) is 25.1 Å². The molecule has 6 nitrogen and oxygen atoms in total. The van der Waals surface area contributed by atoms with Crippen molar-refractivity contribution in [3.8, 4) is 17.2 Å². The largest absolute Gasteiger partial charge is 0.493 e. The molecule has 0 bridgehead atoms. The van der Waals surface area contributed by atoms with Crippen LogP contribution in [0.1, 0.15) is 39.2 Å². The molecule has 0 radical (unpaired) electrons. The Hall–Kier alpha value is -2.73. The van der Waals surface area contributed by atoms with Crippen LogP contribution in [0.4, 0.5) is 0 Å². The topological polar surface area (TPSA) is 69.2 Å². The van der Waals surface area contributed by atoms with Crippen LogP contribution in [0.2, 0.25) is 5.02 Å². The van der Waals surface area contributed by atoms with Crippen molar-refractivity contribution in [1.82, 2.24) is 5.43 Å². The number of hydrazone groups is 1. The van der Waals surface area contributed by atoms with Crippen molar-refractivity contribution < 1.29 is 19.0 Å². The second kappa shape index (κ2) is 12.0. The van der Waals surface area contributed by atoms with Gasteiger partial charge in [0.25, 0.3) is 5.91 Å². The number of ether oxygens (including phenoxy) is 3. The molecule has 0 aromatic heterocycles. The van der Waals surface area contributed by atoms with Gasteiger partial charge in [-0.2, -0.15) is 5.10 Å². The normalized spacial score (nSPS) is 11.9. The molecule has 0 unspecified atom stereocenters. The molecule has 0 fully saturated rings. The quantitative estimate of drug-likeness (QED) is 0.419. The first-order chi connectivity index (χ1) is 14.0. The highest BCUT2D eigenvalue weighted by Gasteiger charge is 2.14. The smallest absolute Gasteiger partial charge is 0.280 e. The van der Waals surface area contributed by atoms with Gasteiger partial charge in [-0.15, -0.1) is 0 Å². The minimum absolute atomic E-state index is 0.366. The van der Waals surface area contributed by atoms with Gasteiger partial charge >= 0.3 is 0 Å². The average molecular weight is 419 g/mol. The van der Waals surface area contributed by atoms with Crippen LogP contribution >= 0.6 is 11.6 Å². The predicted molar refractivity (Wildman–Crippen MR) is 115 cm³/mol. The molecule has 1 amide bonds. The summed E-state index contributed by atoms with van der Waals surface area (Å²) < 4.78 is 17.0. The van der Waals surface area contributed by atoms with Crippen molar-refractivity contribution in [3.05, 3.63) is 53.1 Å². The highest BCUT2D eigenvalue weighted by atomic mass is 35.5. The number of carbonyl (C=O) groups is 1. The van der Waals surface area contributed by atoms with E-state index in [0.29, 0.717) is 29.7 Å². The van der Waals surface area contributed by atoms with Gasteiger partial charge in [0, 0.05) is 16.7 Å². The molecule has 0 saturated carbocycles. The van der Waals surface area contributed by atoms with Crippen molar-refractivity contribution in [2.75, 3.05) is 13.2 Å². The number of amides is 1. The lowest BCUT2D eigenvalue weighted by Gasteiger charge is -2.13. The van der Waals surface area contributed by atoms with E-state index in [1.54, 1.807) is 37.4 Å². The van der Waals surface area contributed by atoms with Crippen LogP contribution in [0.15, 0.2) is 47.6 Å². The van der Waals surface area contributed by atoms with E-state index < -0.39 is 6.10 Å². The van der Waals surface area contributed by atoms with Gasteiger partial charge in [-0.25, -0.2) is 5.43 Å². The second-order valence-corrected chi connectivity index (χ2v) is 6.78. The molecular formula is C22H27ClN2O4. The monoisotopic (exact) mass is 418 g/mol. The van der Waals surface area contributed by atoms with E-state index in [1.165, 1.54) is 0 Å². The standard InChI is InChI=1S/C22H27ClN2O4/c1-4-12-27-20-9-6-17(21(14-20)28-13-5-2)15-24-25-22(26)16(3)29-19-10-7-18(23)8-11-19/h6-11,14-16H,4-5,12-13H2,1-3H3,(H,25,26)/t16-/m0/s1. The zero-order chi connectivity index (χ0) is 21.1. The van der Waals surface area contributed by atoms with Gasteiger partial charge in [-0.3, -0.25) is 4.79 Å². The van der Waals surface area contributed by atoms with E-state index in [4.69, 9.17) is 25.8 Å². The number of rotatable bonds is 11. The van der Waals surface area contributed by atoms with E-state index >= 15 is 0 Å². The summed E-state index contributed by atoms with van der Waals surface area (Å²) in [7, 11) is 0. The Kier molecular flexibility index (Phi) is 9.31. The van der Waals surface area contributed by atoms with Crippen LogP contribution < -0.4 is 19.6 Å². The van der Waals surface area contributed by atoms with Crippen molar-refractivity contribution in [3.63, 3.8) is 0 Å². The van der Waals surface area contributed by atoms with Gasteiger partial charge in [0.15, 0.2) is 6.10 Å². The van der Waals surface area contributed by atoms with Crippen LogP contribution in [0.5, 0.6) is 17.2 Å². The summed E-state index contributed by atoms with van der Waals surface area (Å²) in [4.78, 5) is 12.2. The molecular weight excluding hydrogens is 392 g/mol. The fourth-order valence-corrected chi connectivity index (χ4v) is 2.42. The lowest BCUT2D eigenvalue weighted by molar-refractivity contribution is -0.127. The molecule has 0 heterocycles. The third-order valence-corrected chi connectivity index (χ3v) is 4.05. The third kappa shape index (κ3) is 7.66. The lowest BCUT2D eigenvalue weighted by Crippen LogP contribution is -2.33. The fraction of sp³-hybridized carbons (Fsp3) is 0.364. The van der Waals surface area contributed by atoms with Gasteiger partial charge in [-0.1, -0.05) is 25.4 Å². The van der Waals surface area contributed by atoms with Crippen molar-refractivity contribution in [1.29, 1.82) is 0 Å². The lowest BCUT2D eigenvalue weighted by atomic mass is 10.2. The fourth-order valence-electron chi connectivity index (χ4n) is 2.30. The van der Waals surface area contributed by atoms with Gasteiger partial charge in [-0.05, 0) is 56.2 Å². The van der Waals surface area contributed by atoms with E-state index in [-0.39, 0.29) is 5.91 Å². The van der Waals surface area contributed by atoms with Crippen LogP contribution in [0, 0.1) is 0 Å². The maximum atomic E-state index is 12.2. The van der Waals surface area contributed by atoms with Crippen molar-refractivity contribution >= 4 is 23.7 Å². The summed E-state index contributed by atoms with van der Waals surface area (Å²) in [5.74, 6) is 1.59. The maximum Gasteiger partial charge on any atom is 0.280 e. The number of carbonyl (C=O) groups excluding carboxylic acids is 1. The van der Waals surface area contributed by atoms with Crippen LogP contribution in [-0.4, -0.2) is 31.4 Å². The van der Waals surface area contributed by atoms with Crippen LogP contribution in [0.3, 0.4) is 0 Å². The van der Waals surface area contributed by atoms with Gasteiger partial charge in [0.1, 0.15) is 17.2 Å². The molecule has 7 heteroatoms. The van der Waals surface area contributed by atoms with Gasteiger partial charge < -0.3 is 14.2 Å². The Morgan fingerprint density at radius 1 is 1.07 bits per heavy atom. The Morgan fingerprint density at radius 3 is 2.41 bits per heavy atom. The molecule has 156 valence electrons. The maximum absolute atomic E-state index is 12.2. The Morgan fingerprint density at radius 2 is 1.72 bits per heavy atom. The number of halogens is 1. The summed E-state index contributed by atoms with van der Waals surface area (Å²) in [5, 5.41) is 4.64. The first kappa shape index (κ1) is 22.6. The minimum Gasteiger partial charge on any atom is -0.493 e. The highest BCUT2D eigenvalue weighted by molar-refractivity contribution is 6.30. The zero-order valence-electron chi connectivity index (χ0n) is 17.0. The molecule has 0 aliphatic carbocycles. The molecule has 2 rings (SSSR count). The molecule has 0 aliphatic rings. The molecule has 2 aromatic carbocycles. The zero-order valence-corrected chi connectivity index (χ0v) is 17.7. The van der Waals surface area contributed by atoms with Crippen molar-refractivity contribution in [2.24, 2.45) is 5.10 Å². The predicted octanol–water partition coefficient (Wildman–Crippen LogP) is 4.84. The minimum atomic E-state index is -0.714. The highest BCUT2D eigenvalue weighted by Crippen LogP contribution is 2.24. The number of hydrogen-bond acceptors (Lipinski definition) is 5. The average Bonchev–Trinajstić information content (AvgIpc) is 2.73. The molecule has 29 heavy (non-hydrogen) atoms. The summed E-state index contributed by atoms with van der Waals surface area (Å²) >= 11 is 5.84. The molecule has 1 atom stereocenters. The number of benzene rings is 2. The number of nitrogens with zero attached hydrogens (tertiary/aromatic N) is 1. The number of hydrogen-bond donors (Lipinski definition) is 1. The molecule has 0 saturated heterocycles.